The van der Waals surface area contributed by atoms with E-state index in [9.17, 15) is 0 Å². The summed E-state index contributed by atoms with van der Waals surface area (Å²) < 4.78 is 0. The average molecular weight is 365 g/mol. The molecule has 0 aromatic heterocycles. The van der Waals surface area contributed by atoms with Crippen molar-refractivity contribution in [1.82, 2.24) is 0 Å². The van der Waals surface area contributed by atoms with Gasteiger partial charge in [0, 0.05) is 0 Å². The van der Waals surface area contributed by atoms with E-state index in [4.69, 9.17) is 0 Å². The van der Waals surface area contributed by atoms with Crippen LogP contribution < -0.4 is 0 Å². The van der Waals surface area contributed by atoms with Gasteiger partial charge in [0.15, 0.2) is 0 Å². The van der Waals surface area contributed by atoms with Crippen molar-refractivity contribution in [2.75, 3.05) is 0 Å². The summed E-state index contributed by atoms with van der Waals surface area (Å²) >= 11 is 0. The van der Waals surface area contributed by atoms with Crippen molar-refractivity contribution in [1.29, 1.82) is 0 Å². The lowest BCUT2D eigenvalue weighted by Gasteiger charge is -2.30. The van der Waals surface area contributed by atoms with E-state index in [-0.39, 0.29) is 0 Å². The van der Waals surface area contributed by atoms with E-state index in [0.717, 1.165) is 11.8 Å². The monoisotopic (exact) mass is 364 g/mol. The molecule has 1 saturated carbocycles. The Morgan fingerprint density at radius 1 is 0.500 bits per heavy atom. The zero-order valence-electron chi connectivity index (χ0n) is 18.7. The van der Waals surface area contributed by atoms with Crippen LogP contribution in [-0.2, 0) is 0 Å². The standard InChI is InChI=1S/C26H52/c1-3-5-7-9-11-12-13-15-18-22-25(26-23-19-16-20-24-26)21-17-14-10-8-6-4-2/h25-26H,3-24H2,1-2H3. The maximum Gasteiger partial charge on any atom is -0.0386 e. The summed E-state index contributed by atoms with van der Waals surface area (Å²) in [6.45, 7) is 4.64. The summed E-state index contributed by atoms with van der Waals surface area (Å²) in [4.78, 5) is 0. The summed E-state index contributed by atoms with van der Waals surface area (Å²) in [6, 6.07) is 0. The van der Waals surface area contributed by atoms with Crippen molar-refractivity contribution in [2.24, 2.45) is 11.8 Å². The molecule has 1 unspecified atom stereocenters. The van der Waals surface area contributed by atoms with Crippen molar-refractivity contribution in [2.45, 2.75) is 155 Å². The van der Waals surface area contributed by atoms with Gasteiger partial charge in [0.05, 0.1) is 0 Å². The van der Waals surface area contributed by atoms with Gasteiger partial charge in [0.2, 0.25) is 0 Å². The molecule has 1 aliphatic rings. The maximum atomic E-state index is 2.32. The topological polar surface area (TPSA) is 0 Å². The van der Waals surface area contributed by atoms with E-state index >= 15 is 0 Å². The van der Waals surface area contributed by atoms with Crippen LogP contribution in [0.5, 0.6) is 0 Å². The molecule has 1 aliphatic carbocycles. The maximum absolute atomic E-state index is 2.32. The van der Waals surface area contributed by atoms with Crippen molar-refractivity contribution in [3.8, 4) is 0 Å². The summed E-state index contributed by atoms with van der Waals surface area (Å²) in [7, 11) is 0. The molecule has 0 amide bonds. The minimum atomic E-state index is 1.08. The lowest BCUT2D eigenvalue weighted by molar-refractivity contribution is 0.214. The average Bonchev–Trinajstić information content (AvgIpc) is 2.68. The first kappa shape index (κ1) is 24.0. The molecule has 0 heterocycles. The van der Waals surface area contributed by atoms with Gasteiger partial charge in [-0.3, -0.25) is 0 Å². The first-order valence-electron chi connectivity index (χ1n) is 12.9. The quantitative estimate of drug-likeness (QED) is 0.212. The lowest BCUT2D eigenvalue weighted by Crippen LogP contribution is -2.18. The molecule has 0 aliphatic heterocycles. The van der Waals surface area contributed by atoms with Crippen LogP contribution in [0.1, 0.15) is 155 Å². The molecule has 0 spiro atoms. The highest BCUT2D eigenvalue weighted by molar-refractivity contribution is 4.74. The van der Waals surface area contributed by atoms with Gasteiger partial charge in [-0.25, -0.2) is 0 Å². The van der Waals surface area contributed by atoms with Crippen molar-refractivity contribution >= 4 is 0 Å². The van der Waals surface area contributed by atoms with Crippen LogP contribution in [0.25, 0.3) is 0 Å². The summed E-state index contributed by atoms with van der Waals surface area (Å²) in [6.07, 6.45) is 32.9. The first-order valence-corrected chi connectivity index (χ1v) is 12.9. The van der Waals surface area contributed by atoms with Crippen LogP contribution in [0.15, 0.2) is 0 Å². The van der Waals surface area contributed by atoms with E-state index in [1.165, 1.54) is 116 Å². The van der Waals surface area contributed by atoms with Gasteiger partial charge in [0.1, 0.15) is 0 Å². The van der Waals surface area contributed by atoms with Gasteiger partial charge >= 0.3 is 0 Å². The molecule has 0 saturated heterocycles. The van der Waals surface area contributed by atoms with Crippen LogP contribution in [0.4, 0.5) is 0 Å². The molecule has 1 atom stereocenters. The third kappa shape index (κ3) is 13.2. The molecule has 0 heteroatoms. The second kappa shape index (κ2) is 18.4. The third-order valence-corrected chi connectivity index (χ3v) is 6.92. The smallest absolute Gasteiger partial charge is 0.0386 e. The molecule has 0 aromatic carbocycles. The molecular weight excluding hydrogens is 312 g/mol. The van der Waals surface area contributed by atoms with Crippen LogP contribution in [0.3, 0.4) is 0 Å². The third-order valence-electron chi connectivity index (χ3n) is 6.92. The first-order chi connectivity index (χ1) is 12.9. The lowest BCUT2D eigenvalue weighted by atomic mass is 9.75. The molecule has 0 radical (unpaired) electrons. The highest BCUT2D eigenvalue weighted by atomic mass is 14.3. The van der Waals surface area contributed by atoms with E-state index < -0.39 is 0 Å². The SMILES string of the molecule is CCCCCCCCCCCC(CCCCCCCC)C1CCCCC1. The van der Waals surface area contributed by atoms with E-state index in [2.05, 4.69) is 13.8 Å². The zero-order valence-corrected chi connectivity index (χ0v) is 18.7. The van der Waals surface area contributed by atoms with Gasteiger partial charge < -0.3 is 0 Å². The van der Waals surface area contributed by atoms with Crippen LogP contribution in [0.2, 0.25) is 0 Å². The van der Waals surface area contributed by atoms with Crippen LogP contribution >= 0.6 is 0 Å². The fraction of sp³-hybridized carbons (Fsp3) is 1.00. The van der Waals surface area contributed by atoms with Gasteiger partial charge in [-0.1, -0.05) is 155 Å². The molecule has 0 nitrogen and oxygen atoms in total. The largest absolute Gasteiger partial charge is 0.0654 e. The fourth-order valence-corrected chi connectivity index (χ4v) is 5.13. The second-order valence-electron chi connectivity index (χ2n) is 9.33. The zero-order chi connectivity index (χ0) is 18.7. The molecule has 0 bridgehead atoms. The van der Waals surface area contributed by atoms with Gasteiger partial charge in [-0.15, -0.1) is 0 Å². The summed E-state index contributed by atoms with van der Waals surface area (Å²) in [5.74, 6) is 2.17. The Kier molecular flexibility index (Phi) is 17.0. The van der Waals surface area contributed by atoms with Crippen molar-refractivity contribution < 1.29 is 0 Å². The Labute approximate surface area is 167 Å². The van der Waals surface area contributed by atoms with Gasteiger partial charge in [-0.2, -0.15) is 0 Å². The van der Waals surface area contributed by atoms with Crippen LogP contribution in [-0.4, -0.2) is 0 Å². The number of rotatable bonds is 18. The Bertz CT molecular complexity index is 263. The summed E-state index contributed by atoms with van der Waals surface area (Å²) in [5.41, 5.74) is 0. The Hall–Kier alpha value is 0. The summed E-state index contributed by atoms with van der Waals surface area (Å²) in [5, 5.41) is 0. The van der Waals surface area contributed by atoms with Gasteiger partial charge in [0.25, 0.3) is 0 Å². The highest BCUT2D eigenvalue weighted by Crippen LogP contribution is 2.36. The van der Waals surface area contributed by atoms with Crippen molar-refractivity contribution in [3.05, 3.63) is 0 Å². The Morgan fingerprint density at radius 3 is 1.31 bits per heavy atom. The predicted octanol–water partition coefficient (Wildman–Crippen LogP) is 9.85. The molecule has 1 fully saturated rings. The minimum absolute atomic E-state index is 1.08. The number of unbranched alkanes of at least 4 members (excludes halogenated alkanes) is 13. The van der Waals surface area contributed by atoms with E-state index in [1.807, 2.05) is 0 Å². The second-order valence-corrected chi connectivity index (χ2v) is 9.33. The van der Waals surface area contributed by atoms with Crippen LogP contribution in [0, 0.1) is 11.8 Å². The highest BCUT2D eigenvalue weighted by Gasteiger charge is 2.22. The molecule has 0 N–H and O–H groups in total. The minimum Gasteiger partial charge on any atom is -0.0654 e. The Balaban J connectivity index is 2.10. The number of hydrogen-bond acceptors (Lipinski definition) is 0. The van der Waals surface area contributed by atoms with Crippen molar-refractivity contribution in [3.63, 3.8) is 0 Å². The fourth-order valence-electron chi connectivity index (χ4n) is 5.13. The molecular formula is C26H52. The molecule has 0 aromatic rings. The predicted molar refractivity (Wildman–Crippen MR) is 120 cm³/mol. The molecule has 26 heavy (non-hydrogen) atoms. The Morgan fingerprint density at radius 2 is 0.885 bits per heavy atom. The normalized spacial score (nSPS) is 16.8. The van der Waals surface area contributed by atoms with Gasteiger partial charge in [-0.05, 0) is 11.8 Å². The van der Waals surface area contributed by atoms with E-state index in [0.29, 0.717) is 0 Å². The van der Waals surface area contributed by atoms with E-state index in [1.54, 1.807) is 25.7 Å². The molecule has 156 valence electrons. The molecule has 1 rings (SSSR count). The number of hydrogen-bond donors (Lipinski definition) is 0.